The van der Waals surface area contributed by atoms with Crippen molar-refractivity contribution < 1.29 is 4.39 Å². The smallest absolute Gasteiger partial charge is 0.218 e. The second-order valence-electron chi connectivity index (χ2n) is 2.80. The lowest BCUT2D eigenvalue weighted by atomic mass is 10.3. The molecule has 0 atom stereocenters. The lowest BCUT2D eigenvalue weighted by Gasteiger charge is -2.07. The number of hydrogen-bond acceptors (Lipinski definition) is 1. The van der Waals surface area contributed by atoms with Crippen LogP contribution in [-0.4, -0.2) is 19.0 Å². The van der Waals surface area contributed by atoms with Gasteiger partial charge in [0.25, 0.3) is 0 Å². The third kappa shape index (κ3) is 3.09. The maximum absolute atomic E-state index is 13.3. The van der Waals surface area contributed by atoms with Crippen molar-refractivity contribution in [2.24, 2.45) is 21.5 Å². The molecule has 0 fully saturated rings. The van der Waals surface area contributed by atoms with E-state index in [1.54, 1.807) is 0 Å². The van der Waals surface area contributed by atoms with Gasteiger partial charge in [0.05, 0.1) is 10.7 Å². The number of rotatable bonds is 1. The standard InChI is InChI=1S/C9H11ClFN5/c1-14-8(12)16-9(13)15-7-5(10)3-2-4-6(7)11/h2-4H,1H3,(H5,12,13,14,15,16). The number of benzene rings is 1. The van der Waals surface area contributed by atoms with Crippen LogP contribution in [0.15, 0.2) is 28.2 Å². The van der Waals surface area contributed by atoms with Crippen molar-refractivity contribution in [2.75, 3.05) is 12.4 Å². The van der Waals surface area contributed by atoms with Gasteiger partial charge in [0, 0.05) is 7.05 Å². The van der Waals surface area contributed by atoms with E-state index in [4.69, 9.17) is 23.1 Å². The highest BCUT2D eigenvalue weighted by Crippen LogP contribution is 2.24. The van der Waals surface area contributed by atoms with Gasteiger partial charge in [-0.2, -0.15) is 4.99 Å². The molecule has 0 amide bonds. The molecule has 0 aromatic heterocycles. The normalized spacial score (nSPS) is 12.7. The number of nitrogens with one attached hydrogen (secondary N) is 1. The largest absolute Gasteiger partial charge is 0.369 e. The summed E-state index contributed by atoms with van der Waals surface area (Å²) < 4.78 is 13.3. The molecular formula is C9H11ClFN5. The third-order valence-corrected chi connectivity index (χ3v) is 1.99. The van der Waals surface area contributed by atoms with E-state index in [-0.39, 0.29) is 22.6 Å². The first-order valence-corrected chi connectivity index (χ1v) is 4.70. The quantitative estimate of drug-likeness (QED) is 0.511. The topological polar surface area (TPSA) is 88.8 Å². The van der Waals surface area contributed by atoms with Crippen LogP contribution in [0.2, 0.25) is 5.02 Å². The zero-order valence-electron chi connectivity index (χ0n) is 8.54. The molecule has 16 heavy (non-hydrogen) atoms. The Kier molecular flexibility index (Phi) is 4.07. The summed E-state index contributed by atoms with van der Waals surface area (Å²) in [6, 6.07) is 4.26. The second-order valence-corrected chi connectivity index (χ2v) is 3.21. The van der Waals surface area contributed by atoms with Gasteiger partial charge in [0.1, 0.15) is 5.82 Å². The summed E-state index contributed by atoms with van der Waals surface area (Å²) in [6.07, 6.45) is 0. The van der Waals surface area contributed by atoms with E-state index in [1.165, 1.54) is 25.2 Å². The highest BCUT2D eigenvalue weighted by Gasteiger charge is 2.07. The van der Waals surface area contributed by atoms with Gasteiger partial charge in [-0.1, -0.05) is 17.7 Å². The number of aliphatic imine (C=N–C) groups is 2. The Labute approximate surface area is 97.0 Å². The fourth-order valence-corrected chi connectivity index (χ4v) is 1.16. The average Bonchev–Trinajstić information content (AvgIpc) is 2.23. The molecular weight excluding hydrogens is 233 g/mol. The van der Waals surface area contributed by atoms with Crippen molar-refractivity contribution in [3.63, 3.8) is 0 Å². The van der Waals surface area contributed by atoms with Crippen molar-refractivity contribution in [3.05, 3.63) is 29.0 Å². The molecule has 0 aliphatic heterocycles. The molecule has 0 heterocycles. The first-order chi connectivity index (χ1) is 7.54. The number of anilines is 1. The molecule has 1 aromatic rings. The Hall–Kier alpha value is -1.82. The second kappa shape index (κ2) is 5.32. The fourth-order valence-electron chi connectivity index (χ4n) is 0.947. The molecule has 0 radical (unpaired) electrons. The maximum Gasteiger partial charge on any atom is 0.218 e. The fraction of sp³-hybridized carbons (Fsp3) is 0.111. The minimum absolute atomic E-state index is 0.0162. The van der Waals surface area contributed by atoms with E-state index in [0.29, 0.717) is 0 Å². The van der Waals surface area contributed by atoms with Gasteiger partial charge in [0.15, 0.2) is 0 Å². The van der Waals surface area contributed by atoms with Crippen LogP contribution in [0.5, 0.6) is 0 Å². The Balaban J connectivity index is 2.93. The SMILES string of the molecule is CN=C(N)/N=C(\N)Nc1c(F)cccc1Cl. The van der Waals surface area contributed by atoms with E-state index in [2.05, 4.69) is 15.3 Å². The van der Waals surface area contributed by atoms with Crippen LogP contribution in [-0.2, 0) is 0 Å². The van der Waals surface area contributed by atoms with Crippen molar-refractivity contribution in [3.8, 4) is 0 Å². The Morgan fingerprint density at radius 3 is 2.69 bits per heavy atom. The Morgan fingerprint density at radius 2 is 2.12 bits per heavy atom. The molecule has 0 saturated carbocycles. The average molecular weight is 244 g/mol. The number of para-hydroxylation sites is 1. The summed E-state index contributed by atoms with van der Waals surface area (Å²) in [5.41, 5.74) is 10.8. The molecule has 5 nitrogen and oxygen atoms in total. The molecule has 0 aliphatic rings. The highest BCUT2D eigenvalue weighted by molar-refractivity contribution is 6.33. The summed E-state index contributed by atoms with van der Waals surface area (Å²) >= 11 is 5.77. The number of nitrogens with two attached hydrogens (primary N) is 2. The maximum atomic E-state index is 13.3. The molecule has 1 rings (SSSR count). The molecule has 0 saturated heterocycles. The van der Waals surface area contributed by atoms with Crippen LogP contribution >= 0.6 is 11.6 Å². The first kappa shape index (κ1) is 12.3. The zero-order valence-corrected chi connectivity index (χ0v) is 9.29. The summed E-state index contributed by atoms with van der Waals surface area (Å²) in [5, 5.41) is 2.70. The van der Waals surface area contributed by atoms with Crippen molar-refractivity contribution in [2.45, 2.75) is 0 Å². The minimum Gasteiger partial charge on any atom is -0.369 e. The molecule has 1 aromatic carbocycles. The van der Waals surface area contributed by atoms with Crippen LogP contribution in [0.3, 0.4) is 0 Å². The van der Waals surface area contributed by atoms with Crippen molar-refractivity contribution >= 4 is 29.2 Å². The number of guanidine groups is 2. The van der Waals surface area contributed by atoms with E-state index >= 15 is 0 Å². The number of nitrogens with zero attached hydrogens (tertiary/aromatic N) is 2. The molecule has 0 bridgehead atoms. The number of hydrogen-bond donors (Lipinski definition) is 3. The van der Waals surface area contributed by atoms with Crippen LogP contribution < -0.4 is 16.8 Å². The summed E-state index contributed by atoms with van der Waals surface area (Å²) in [7, 11) is 1.46. The molecule has 7 heteroatoms. The predicted molar refractivity (Wildman–Crippen MR) is 64.2 cm³/mol. The van der Waals surface area contributed by atoms with Crippen LogP contribution in [0.1, 0.15) is 0 Å². The lowest BCUT2D eigenvalue weighted by Crippen LogP contribution is -2.26. The molecule has 5 N–H and O–H groups in total. The van der Waals surface area contributed by atoms with Gasteiger partial charge < -0.3 is 16.8 Å². The van der Waals surface area contributed by atoms with Crippen LogP contribution in [0.25, 0.3) is 0 Å². The monoisotopic (exact) mass is 243 g/mol. The van der Waals surface area contributed by atoms with Gasteiger partial charge in [-0.05, 0) is 12.1 Å². The van der Waals surface area contributed by atoms with E-state index < -0.39 is 5.82 Å². The lowest BCUT2D eigenvalue weighted by molar-refractivity contribution is 0.632. The van der Waals surface area contributed by atoms with Crippen LogP contribution in [0.4, 0.5) is 10.1 Å². The molecule has 0 spiro atoms. The molecule has 0 aliphatic carbocycles. The number of halogens is 2. The third-order valence-electron chi connectivity index (χ3n) is 1.68. The van der Waals surface area contributed by atoms with Crippen molar-refractivity contribution in [1.29, 1.82) is 0 Å². The Bertz CT molecular complexity index is 423. The summed E-state index contributed by atoms with van der Waals surface area (Å²) in [5.74, 6) is -0.634. The van der Waals surface area contributed by atoms with Gasteiger partial charge in [-0.25, -0.2) is 4.39 Å². The van der Waals surface area contributed by atoms with E-state index in [0.717, 1.165) is 0 Å². The summed E-state index contributed by atoms with van der Waals surface area (Å²) in [4.78, 5) is 7.23. The van der Waals surface area contributed by atoms with Crippen LogP contribution in [0, 0.1) is 5.82 Å². The summed E-state index contributed by atoms with van der Waals surface area (Å²) in [6.45, 7) is 0. The van der Waals surface area contributed by atoms with E-state index in [1.807, 2.05) is 0 Å². The first-order valence-electron chi connectivity index (χ1n) is 4.32. The minimum atomic E-state index is -0.530. The predicted octanol–water partition coefficient (Wildman–Crippen LogP) is 1.15. The highest BCUT2D eigenvalue weighted by atomic mass is 35.5. The zero-order chi connectivity index (χ0) is 12.1. The van der Waals surface area contributed by atoms with E-state index in [9.17, 15) is 4.39 Å². The Morgan fingerprint density at radius 1 is 1.44 bits per heavy atom. The van der Waals surface area contributed by atoms with Crippen molar-refractivity contribution in [1.82, 2.24) is 0 Å². The van der Waals surface area contributed by atoms with Gasteiger partial charge >= 0.3 is 0 Å². The molecule has 86 valence electrons. The van der Waals surface area contributed by atoms with Gasteiger partial charge in [0.2, 0.25) is 11.9 Å². The van der Waals surface area contributed by atoms with Gasteiger partial charge in [-0.15, -0.1) is 0 Å². The molecule has 0 unspecified atom stereocenters. The van der Waals surface area contributed by atoms with Gasteiger partial charge in [-0.3, -0.25) is 4.99 Å².